The average molecular weight is 264 g/mol. The van der Waals surface area contributed by atoms with Crippen LogP contribution in [0.4, 0.5) is 0 Å². The monoisotopic (exact) mass is 263 g/mol. The van der Waals surface area contributed by atoms with E-state index >= 15 is 0 Å². The minimum Gasteiger partial charge on any atom is -0.436 e. The molecule has 0 aliphatic heterocycles. The van der Waals surface area contributed by atoms with Crippen LogP contribution in [0.5, 0.6) is 0 Å². The van der Waals surface area contributed by atoms with E-state index in [1.54, 1.807) is 24.3 Å². The first-order valence-corrected chi connectivity index (χ1v) is 5.80. The Labute approximate surface area is 108 Å². The van der Waals surface area contributed by atoms with Crippen molar-refractivity contribution in [2.45, 2.75) is 0 Å². The second kappa shape index (κ2) is 4.06. The van der Waals surface area contributed by atoms with Crippen molar-refractivity contribution in [1.82, 2.24) is 4.98 Å². The minimum absolute atomic E-state index is 0.568. The maximum Gasteiger partial charge on any atom is 0.227 e. The first kappa shape index (κ1) is 10.6. The molecule has 2 aromatic carbocycles. The van der Waals surface area contributed by atoms with E-state index in [4.69, 9.17) is 27.6 Å². The van der Waals surface area contributed by atoms with Gasteiger partial charge in [-0.3, -0.25) is 0 Å². The third-order valence-corrected chi connectivity index (χ3v) is 2.93. The summed E-state index contributed by atoms with van der Waals surface area (Å²) in [6.07, 6.45) is 0. The SMILES string of the molecule is Clc1ccc(-c2nc3ccc(Cl)cc3o2)cc1. The molecule has 0 N–H and O–H groups in total. The van der Waals surface area contributed by atoms with Crippen LogP contribution >= 0.6 is 23.2 Å². The maximum absolute atomic E-state index is 5.89. The number of benzene rings is 2. The van der Waals surface area contributed by atoms with Gasteiger partial charge in [-0.2, -0.15) is 0 Å². The lowest BCUT2D eigenvalue weighted by Gasteiger charge is -1.94. The van der Waals surface area contributed by atoms with Crippen molar-refractivity contribution in [2.75, 3.05) is 0 Å². The van der Waals surface area contributed by atoms with Gasteiger partial charge in [0.2, 0.25) is 5.89 Å². The summed E-state index contributed by atoms with van der Waals surface area (Å²) >= 11 is 11.7. The van der Waals surface area contributed by atoms with E-state index in [0.29, 0.717) is 21.5 Å². The summed E-state index contributed by atoms with van der Waals surface area (Å²) in [5.41, 5.74) is 2.36. The van der Waals surface area contributed by atoms with Crippen LogP contribution in [0.15, 0.2) is 46.9 Å². The van der Waals surface area contributed by atoms with Crippen molar-refractivity contribution in [3.63, 3.8) is 0 Å². The molecule has 3 rings (SSSR count). The van der Waals surface area contributed by atoms with Gasteiger partial charge in [0.25, 0.3) is 0 Å². The van der Waals surface area contributed by atoms with Crippen molar-refractivity contribution in [2.24, 2.45) is 0 Å². The Morgan fingerprint density at radius 2 is 1.59 bits per heavy atom. The van der Waals surface area contributed by atoms with Crippen LogP contribution in [-0.2, 0) is 0 Å². The molecule has 0 amide bonds. The molecule has 1 heterocycles. The molecule has 84 valence electrons. The second-order valence-electron chi connectivity index (χ2n) is 3.64. The zero-order valence-corrected chi connectivity index (χ0v) is 10.2. The molecular formula is C13H7Cl2NO. The van der Waals surface area contributed by atoms with Crippen molar-refractivity contribution >= 4 is 34.3 Å². The molecule has 0 radical (unpaired) electrons. The lowest BCUT2D eigenvalue weighted by atomic mass is 10.2. The Kier molecular flexibility index (Phi) is 2.54. The first-order chi connectivity index (χ1) is 8.22. The molecule has 3 aromatic rings. The van der Waals surface area contributed by atoms with Crippen LogP contribution in [0.3, 0.4) is 0 Å². The Hall–Kier alpha value is -1.51. The third-order valence-electron chi connectivity index (χ3n) is 2.44. The number of hydrogen-bond acceptors (Lipinski definition) is 2. The second-order valence-corrected chi connectivity index (χ2v) is 4.51. The van der Waals surface area contributed by atoms with E-state index in [9.17, 15) is 0 Å². The quantitative estimate of drug-likeness (QED) is 0.630. The summed E-state index contributed by atoms with van der Waals surface area (Å²) in [7, 11) is 0. The zero-order valence-electron chi connectivity index (χ0n) is 8.65. The van der Waals surface area contributed by atoms with Gasteiger partial charge in [-0.1, -0.05) is 23.2 Å². The smallest absolute Gasteiger partial charge is 0.227 e. The minimum atomic E-state index is 0.568. The first-order valence-electron chi connectivity index (χ1n) is 5.04. The summed E-state index contributed by atoms with van der Waals surface area (Å²) in [5, 5.41) is 1.32. The maximum atomic E-state index is 5.89. The van der Waals surface area contributed by atoms with Gasteiger partial charge in [-0.05, 0) is 36.4 Å². The Morgan fingerprint density at radius 1 is 0.882 bits per heavy atom. The van der Waals surface area contributed by atoms with Crippen LogP contribution in [0.1, 0.15) is 0 Å². The standard InChI is InChI=1S/C13H7Cl2NO/c14-9-3-1-8(2-4-9)13-16-11-6-5-10(15)7-12(11)17-13/h1-7H. The van der Waals surface area contributed by atoms with E-state index < -0.39 is 0 Å². The fraction of sp³-hybridized carbons (Fsp3) is 0. The molecule has 0 unspecified atom stereocenters. The summed E-state index contributed by atoms with van der Waals surface area (Å²) in [4.78, 5) is 4.39. The molecule has 0 bridgehead atoms. The van der Waals surface area contributed by atoms with Gasteiger partial charge in [0.05, 0.1) is 0 Å². The van der Waals surface area contributed by atoms with E-state index in [1.807, 2.05) is 18.2 Å². The van der Waals surface area contributed by atoms with Gasteiger partial charge in [0.15, 0.2) is 5.58 Å². The highest BCUT2D eigenvalue weighted by Gasteiger charge is 2.08. The fourth-order valence-electron chi connectivity index (χ4n) is 1.61. The molecule has 4 heteroatoms. The predicted octanol–water partition coefficient (Wildman–Crippen LogP) is 4.80. The lowest BCUT2D eigenvalue weighted by Crippen LogP contribution is -1.75. The van der Waals surface area contributed by atoms with Crippen LogP contribution in [-0.4, -0.2) is 4.98 Å². The van der Waals surface area contributed by atoms with Crippen molar-refractivity contribution < 1.29 is 4.42 Å². The average Bonchev–Trinajstić information content (AvgIpc) is 2.72. The number of fused-ring (bicyclic) bond motifs is 1. The summed E-state index contributed by atoms with van der Waals surface area (Å²) in [5.74, 6) is 0.568. The van der Waals surface area contributed by atoms with Gasteiger partial charge in [0.1, 0.15) is 5.52 Å². The Balaban J connectivity index is 2.14. The molecule has 0 atom stereocenters. The zero-order chi connectivity index (χ0) is 11.8. The molecule has 1 aromatic heterocycles. The highest BCUT2D eigenvalue weighted by atomic mass is 35.5. The molecule has 0 fully saturated rings. The summed E-state index contributed by atoms with van der Waals surface area (Å²) in [6, 6.07) is 12.7. The number of halogens is 2. The van der Waals surface area contributed by atoms with Crippen LogP contribution in [0.2, 0.25) is 10.0 Å². The van der Waals surface area contributed by atoms with Crippen LogP contribution in [0, 0.1) is 0 Å². The van der Waals surface area contributed by atoms with Crippen molar-refractivity contribution in [1.29, 1.82) is 0 Å². The molecule has 17 heavy (non-hydrogen) atoms. The van der Waals surface area contributed by atoms with E-state index in [0.717, 1.165) is 11.1 Å². The van der Waals surface area contributed by atoms with Gasteiger partial charge >= 0.3 is 0 Å². The normalized spacial score (nSPS) is 10.9. The predicted molar refractivity (Wildman–Crippen MR) is 69.5 cm³/mol. The van der Waals surface area contributed by atoms with E-state index in [2.05, 4.69) is 4.98 Å². The molecule has 0 spiro atoms. The molecular weight excluding hydrogens is 257 g/mol. The van der Waals surface area contributed by atoms with E-state index in [-0.39, 0.29) is 0 Å². The van der Waals surface area contributed by atoms with Gasteiger partial charge in [0, 0.05) is 21.7 Å². The Bertz CT molecular complexity index is 673. The van der Waals surface area contributed by atoms with Crippen molar-refractivity contribution in [3.05, 3.63) is 52.5 Å². The summed E-state index contributed by atoms with van der Waals surface area (Å²) in [6.45, 7) is 0. The molecule has 0 aliphatic rings. The highest BCUT2D eigenvalue weighted by molar-refractivity contribution is 6.31. The van der Waals surface area contributed by atoms with Crippen molar-refractivity contribution in [3.8, 4) is 11.5 Å². The topological polar surface area (TPSA) is 26.0 Å². The number of oxazole rings is 1. The lowest BCUT2D eigenvalue weighted by molar-refractivity contribution is 0.620. The molecule has 0 saturated heterocycles. The third kappa shape index (κ3) is 2.02. The van der Waals surface area contributed by atoms with Gasteiger partial charge in [-0.25, -0.2) is 4.98 Å². The number of rotatable bonds is 1. The van der Waals surface area contributed by atoms with Crippen LogP contribution < -0.4 is 0 Å². The molecule has 0 saturated carbocycles. The van der Waals surface area contributed by atoms with Gasteiger partial charge < -0.3 is 4.42 Å². The fourth-order valence-corrected chi connectivity index (χ4v) is 1.90. The number of hydrogen-bond donors (Lipinski definition) is 0. The Morgan fingerprint density at radius 3 is 2.35 bits per heavy atom. The molecule has 0 aliphatic carbocycles. The number of aromatic nitrogens is 1. The largest absolute Gasteiger partial charge is 0.436 e. The summed E-state index contributed by atoms with van der Waals surface area (Å²) < 4.78 is 5.64. The van der Waals surface area contributed by atoms with Gasteiger partial charge in [-0.15, -0.1) is 0 Å². The van der Waals surface area contributed by atoms with E-state index in [1.165, 1.54) is 0 Å². The highest BCUT2D eigenvalue weighted by Crippen LogP contribution is 2.26. The van der Waals surface area contributed by atoms with Crippen LogP contribution in [0.25, 0.3) is 22.6 Å². The molecule has 2 nitrogen and oxygen atoms in total. The number of nitrogens with zero attached hydrogens (tertiary/aromatic N) is 1.